The van der Waals surface area contributed by atoms with Gasteiger partial charge in [0.2, 0.25) is 5.76 Å². The van der Waals surface area contributed by atoms with Crippen LogP contribution in [0.4, 0.5) is 0 Å². The predicted molar refractivity (Wildman–Crippen MR) is 59.2 cm³/mol. The fraction of sp³-hybridized carbons (Fsp3) is 0.455. The minimum atomic E-state index is -0.270. The molecule has 0 spiro atoms. The van der Waals surface area contributed by atoms with E-state index in [1.54, 1.807) is 6.92 Å². The summed E-state index contributed by atoms with van der Waals surface area (Å²) in [5.41, 5.74) is 1.68. The van der Waals surface area contributed by atoms with Crippen LogP contribution < -0.4 is 5.32 Å². The van der Waals surface area contributed by atoms with E-state index >= 15 is 0 Å². The molecule has 1 heterocycles. The lowest BCUT2D eigenvalue weighted by atomic mass is 10.3. The molecule has 1 aromatic heterocycles. The highest BCUT2D eigenvalue weighted by atomic mass is 16.5. The molecule has 0 saturated heterocycles. The van der Waals surface area contributed by atoms with E-state index in [9.17, 15) is 4.79 Å². The summed E-state index contributed by atoms with van der Waals surface area (Å²) in [6, 6.07) is 0. The summed E-state index contributed by atoms with van der Waals surface area (Å²) in [7, 11) is 0. The van der Waals surface area contributed by atoms with Crippen LogP contribution in [0.15, 0.2) is 22.9 Å². The number of hydrogen-bond donors (Lipinski definition) is 1. The molecule has 88 valence electrons. The maximum absolute atomic E-state index is 11.5. The number of carbonyl (C=O) groups excluding carboxylic acids is 1. The van der Waals surface area contributed by atoms with Gasteiger partial charge in [0.1, 0.15) is 0 Å². The first kappa shape index (κ1) is 12.4. The van der Waals surface area contributed by atoms with E-state index < -0.39 is 0 Å². The Bertz CT molecular complexity index is 371. The standard InChI is InChI=1S/C11H16N2O3/c1-8(2)7-15-5-4-12-11(14)10-9(3)6-13-16-10/h6H,1,4-5,7H2,2-3H3,(H,12,14). The minimum Gasteiger partial charge on any atom is -0.375 e. The first-order valence-electron chi connectivity index (χ1n) is 5.03. The molecule has 0 bridgehead atoms. The minimum absolute atomic E-state index is 0.250. The number of aryl methyl sites for hydroxylation is 1. The maximum atomic E-state index is 11.5. The van der Waals surface area contributed by atoms with Gasteiger partial charge in [-0.25, -0.2) is 0 Å². The summed E-state index contributed by atoms with van der Waals surface area (Å²) in [5.74, 6) is -0.0196. The molecule has 1 amide bonds. The Morgan fingerprint density at radius 3 is 3.00 bits per heavy atom. The number of nitrogens with zero attached hydrogens (tertiary/aromatic N) is 1. The zero-order valence-electron chi connectivity index (χ0n) is 9.58. The van der Waals surface area contributed by atoms with E-state index in [0.717, 1.165) is 11.1 Å². The molecule has 0 fully saturated rings. The smallest absolute Gasteiger partial charge is 0.290 e. The van der Waals surface area contributed by atoms with Gasteiger partial charge in [0.25, 0.3) is 5.91 Å². The van der Waals surface area contributed by atoms with Gasteiger partial charge in [0.15, 0.2) is 0 Å². The predicted octanol–water partition coefficient (Wildman–Crippen LogP) is 1.31. The van der Waals surface area contributed by atoms with Gasteiger partial charge in [-0.1, -0.05) is 17.3 Å². The van der Waals surface area contributed by atoms with Crippen molar-refractivity contribution in [2.75, 3.05) is 19.8 Å². The number of nitrogens with one attached hydrogen (secondary N) is 1. The lowest BCUT2D eigenvalue weighted by Crippen LogP contribution is -2.27. The largest absolute Gasteiger partial charge is 0.375 e. The highest BCUT2D eigenvalue weighted by Gasteiger charge is 2.12. The van der Waals surface area contributed by atoms with Gasteiger partial charge >= 0.3 is 0 Å². The Kier molecular flexibility index (Phi) is 4.72. The second-order valence-corrected chi connectivity index (χ2v) is 3.60. The SMILES string of the molecule is C=C(C)COCCNC(=O)c1oncc1C. The van der Waals surface area contributed by atoms with Gasteiger partial charge < -0.3 is 14.6 Å². The van der Waals surface area contributed by atoms with Gasteiger partial charge in [-0.05, 0) is 13.8 Å². The van der Waals surface area contributed by atoms with Gasteiger partial charge in [0.05, 0.1) is 19.4 Å². The van der Waals surface area contributed by atoms with Crippen molar-refractivity contribution < 1.29 is 14.1 Å². The van der Waals surface area contributed by atoms with Crippen molar-refractivity contribution in [1.29, 1.82) is 0 Å². The number of carbonyl (C=O) groups is 1. The second kappa shape index (κ2) is 6.07. The summed E-state index contributed by atoms with van der Waals surface area (Å²) in [6.45, 7) is 8.75. The summed E-state index contributed by atoms with van der Waals surface area (Å²) < 4.78 is 10.0. The Labute approximate surface area is 94.5 Å². The van der Waals surface area contributed by atoms with Crippen LogP contribution in [0, 0.1) is 6.92 Å². The quantitative estimate of drug-likeness (QED) is 0.584. The number of rotatable bonds is 6. The van der Waals surface area contributed by atoms with Crippen LogP contribution in [0.5, 0.6) is 0 Å². The third-order valence-corrected chi connectivity index (χ3v) is 1.84. The Morgan fingerprint density at radius 1 is 1.69 bits per heavy atom. The molecule has 0 aliphatic heterocycles. The molecular formula is C11H16N2O3. The third kappa shape index (κ3) is 3.86. The number of ether oxygens (including phenoxy) is 1. The van der Waals surface area contributed by atoms with Crippen LogP contribution >= 0.6 is 0 Å². The van der Waals surface area contributed by atoms with Crippen molar-refractivity contribution >= 4 is 5.91 Å². The molecule has 0 aliphatic carbocycles. The molecule has 0 unspecified atom stereocenters. The van der Waals surface area contributed by atoms with Crippen LogP contribution in [0.25, 0.3) is 0 Å². The van der Waals surface area contributed by atoms with Gasteiger partial charge in [-0.2, -0.15) is 0 Å². The number of aromatic nitrogens is 1. The van der Waals surface area contributed by atoms with E-state index in [0.29, 0.717) is 19.8 Å². The average molecular weight is 224 g/mol. The third-order valence-electron chi connectivity index (χ3n) is 1.84. The van der Waals surface area contributed by atoms with Crippen LogP contribution in [0.1, 0.15) is 23.0 Å². The lowest BCUT2D eigenvalue weighted by molar-refractivity contribution is 0.0890. The first-order valence-corrected chi connectivity index (χ1v) is 5.03. The fourth-order valence-corrected chi connectivity index (χ4v) is 1.07. The van der Waals surface area contributed by atoms with Crippen LogP contribution in [0.3, 0.4) is 0 Å². The molecule has 5 heteroatoms. The molecule has 0 aromatic carbocycles. The molecule has 0 atom stereocenters. The van der Waals surface area contributed by atoms with Crippen LogP contribution in [-0.2, 0) is 4.74 Å². The fourth-order valence-electron chi connectivity index (χ4n) is 1.07. The maximum Gasteiger partial charge on any atom is 0.290 e. The first-order chi connectivity index (χ1) is 7.61. The van der Waals surface area contributed by atoms with Gasteiger partial charge in [-0.3, -0.25) is 4.79 Å². The molecule has 1 aromatic rings. The van der Waals surface area contributed by atoms with Crippen molar-refractivity contribution in [3.05, 3.63) is 29.7 Å². The van der Waals surface area contributed by atoms with Gasteiger partial charge in [0, 0.05) is 12.1 Å². The summed E-state index contributed by atoms with van der Waals surface area (Å²) >= 11 is 0. The molecule has 0 aliphatic rings. The Balaban J connectivity index is 2.21. The van der Waals surface area contributed by atoms with Crippen molar-refractivity contribution in [2.45, 2.75) is 13.8 Å². The molecular weight excluding hydrogens is 208 g/mol. The molecule has 5 nitrogen and oxygen atoms in total. The summed E-state index contributed by atoms with van der Waals surface area (Å²) in [4.78, 5) is 11.5. The summed E-state index contributed by atoms with van der Waals surface area (Å²) in [5, 5.41) is 6.20. The van der Waals surface area contributed by atoms with E-state index in [-0.39, 0.29) is 11.7 Å². The topological polar surface area (TPSA) is 64.4 Å². The van der Waals surface area contributed by atoms with Crippen molar-refractivity contribution in [3.8, 4) is 0 Å². The molecule has 1 rings (SSSR count). The zero-order valence-corrected chi connectivity index (χ0v) is 9.58. The molecule has 1 N–H and O–H groups in total. The molecule has 16 heavy (non-hydrogen) atoms. The van der Waals surface area contributed by atoms with Crippen molar-refractivity contribution in [1.82, 2.24) is 10.5 Å². The Morgan fingerprint density at radius 2 is 2.44 bits per heavy atom. The highest BCUT2D eigenvalue weighted by Crippen LogP contribution is 2.04. The van der Waals surface area contributed by atoms with Crippen LogP contribution in [-0.4, -0.2) is 30.8 Å². The highest BCUT2D eigenvalue weighted by molar-refractivity contribution is 5.92. The van der Waals surface area contributed by atoms with Crippen molar-refractivity contribution in [3.63, 3.8) is 0 Å². The Hall–Kier alpha value is -1.62. The normalized spacial score (nSPS) is 10.1. The van der Waals surface area contributed by atoms with E-state index in [1.807, 2.05) is 6.92 Å². The summed E-state index contributed by atoms with van der Waals surface area (Å²) in [6.07, 6.45) is 1.51. The molecule has 0 radical (unpaired) electrons. The van der Waals surface area contributed by atoms with E-state index in [2.05, 4.69) is 17.1 Å². The second-order valence-electron chi connectivity index (χ2n) is 3.60. The zero-order chi connectivity index (χ0) is 12.0. The van der Waals surface area contributed by atoms with Gasteiger partial charge in [-0.15, -0.1) is 0 Å². The monoisotopic (exact) mass is 224 g/mol. The number of hydrogen-bond acceptors (Lipinski definition) is 4. The van der Waals surface area contributed by atoms with Crippen molar-refractivity contribution in [2.24, 2.45) is 0 Å². The average Bonchev–Trinajstić information content (AvgIpc) is 2.63. The molecule has 0 saturated carbocycles. The number of amides is 1. The van der Waals surface area contributed by atoms with E-state index in [4.69, 9.17) is 9.26 Å². The lowest BCUT2D eigenvalue weighted by Gasteiger charge is -2.04. The van der Waals surface area contributed by atoms with E-state index in [1.165, 1.54) is 6.20 Å². The van der Waals surface area contributed by atoms with Crippen LogP contribution in [0.2, 0.25) is 0 Å².